The summed E-state index contributed by atoms with van der Waals surface area (Å²) in [6.07, 6.45) is 1.14. The van der Waals surface area contributed by atoms with Crippen LogP contribution in [0.15, 0.2) is 4.99 Å². The lowest BCUT2D eigenvalue weighted by molar-refractivity contribution is 0.203. The van der Waals surface area contributed by atoms with E-state index in [2.05, 4.69) is 20.3 Å². The third-order valence-electron chi connectivity index (χ3n) is 2.04. The average molecular weight is 422 g/mol. The molecule has 0 aromatic heterocycles. The van der Waals surface area contributed by atoms with E-state index in [4.69, 9.17) is 4.74 Å². The lowest BCUT2D eigenvalue weighted by atomic mass is 10.1. The number of ether oxygens (including phenoxy) is 1. The number of nitrogens with one attached hydrogen (secondary N) is 3. The van der Waals surface area contributed by atoms with Crippen LogP contribution < -0.4 is 15.4 Å². The molecule has 0 radical (unpaired) electrons. The van der Waals surface area contributed by atoms with Gasteiger partial charge in [0.05, 0.1) is 19.4 Å². The summed E-state index contributed by atoms with van der Waals surface area (Å²) in [6.45, 7) is 7.83. The lowest BCUT2D eigenvalue weighted by Crippen LogP contribution is -2.47. The molecule has 0 unspecified atom stereocenters. The van der Waals surface area contributed by atoms with Crippen molar-refractivity contribution in [2.24, 2.45) is 4.99 Å². The highest BCUT2D eigenvalue weighted by atomic mass is 127. The molecule has 0 aliphatic heterocycles. The van der Waals surface area contributed by atoms with Gasteiger partial charge < -0.3 is 15.4 Å². The fourth-order valence-corrected chi connectivity index (χ4v) is 2.49. The van der Waals surface area contributed by atoms with Gasteiger partial charge in [0.15, 0.2) is 5.96 Å². The maximum atomic E-state index is 11.2. The summed E-state index contributed by atoms with van der Waals surface area (Å²) in [6, 6.07) is 0. The minimum absolute atomic E-state index is 0. The highest BCUT2D eigenvalue weighted by Gasteiger charge is 2.21. The number of hydrogen-bond donors (Lipinski definition) is 3. The van der Waals surface area contributed by atoms with Crippen molar-refractivity contribution in [3.05, 3.63) is 0 Å². The fraction of sp³-hybridized carbons (Fsp3) is 0.909. The van der Waals surface area contributed by atoms with Crippen molar-refractivity contribution < 1.29 is 13.2 Å². The highest BCUT2D eigenvalue weighted by Crippen LogP contribution is 2.04. The second kappa shape index (κ2) is 10.6. The molecule has 0 aromatic carbocycles. The van der Waals surface area contributed by atoms with Crippen molar-refractivity contribution in [2.45, 2.75) is 26.3 Å². The summed E-state index contributed by atoms with van der Waals surface area (Å²) in [5.74, 6) is 0.642. The van der Waals surface area contributed by atoms with Crippen molar-refractivity contribution in [2.75, 3.05) is 39.6 Å². The van der Waals surface area contributed by atoms with Gasteiger partial charge in [-0.25, -0.2) is 13.1 Å². The van der Waals surface area contributed by atoms with Crippen molar-refractivity contribution in [1.82, 2.24) is 15.4 Å². The van der Waals surface area contributed by atoms with E-state index in [-0.39, 0.29) is 24.0 Å². The molecular weight excluding hydrogens is 395 g/mol. The van der Waals surface area contributed by atoms with Crippen LogP contribution in [-0.2, 0) is 14.8 Å². The smallest absolute Gasteiger partial charge is 0.209 e. The Morgan fingerprint density at radius 3 is 2.35 bits per heavy atom. The van der Waals surface area contributed by atoms with Gasteiger partial charge in [0.25, 0.3) is 0 Å². The number of halogens is 1. The number of hydrogen-bond acceptors (Lipinski definition) is 4. The molecule has 0 atom stereocenters. The molecule has 122 valence electrons. The first kappa shape index (κ1) is 22.2. The topological polar surface area (TPSA) is 91.8 Å². The molecule has 3 N–H and O–H groups in total. The van der Waals surface area contributed by atoms with Crippen LogP contribution in [0.5, 0.6) is 0 Å². The van der Waals surface area contributed by atoms with Gasteiger partial charge in [-0.15, -0.1) is 24.0 Å². The van der Waals surface area contributed by atoms with Crippen LogP contribution in [0.25, 0.3) is 0 Å². The number of aliphatic imine (C=N–C) groups is 1. The van der Waals surface area contributed by atoms with Gasteiger partial charge in [0.1, 0.15) is 0 Å². The Kier molecular flexibility index (Phi) is 11.7. The van der Waals surface area contributed by atoms with E-state index in [1.165, 1.54) is 0 Å². The van der Waals surface area contributed by atoms with Crippen LogP contribution in [0.2, 0.25) is 0 Å². The lowest BCUT2D eigenvalue weighted by Gasteiger charge is -2.23. The van der Waals surface area contributed by atoms with E-state index in [0.717, 1.165) is 12.8 Å². The quantitative estimate of drug-likeness (QED) is 0.224. The Morgan fingerprint density at radius 2 is 1.90 bits per heavy atom. The third-order valence-corrected chi connectivity index (χ3v) is 2.96. The van der Waals surface area contributed by atoms with Crippen molar-refractivity contribution in [1.29, 1.82) is 0 Å². The van der Waals surface area contributed by atoms with Gasteiger partial charge in [-0.3, -0.25) is 4.99 Å². The third kappa shape index (κ3) is 12.9. The van der Waals surface area contributed by atoms with Crippen molar-refractivity contribution >= 4 is 40.0 Å². The van der Waals surface area contributed by atoms with E-state index in [9.17, 15) is 8.42 Å². The normalized spacial score (nSPS) is 12.8. The molecule has 7 nitrogen and oxygen atoms in total. The Hall–Kier alpha value is -0.130. The zero-order valence-electron chi connectivity index (χ0n) is 12.8. The van der Waals surface area contributed by atoms with Crippen LogP contribution in [-0.4, -0.2) is 59.5 Å². The largest absolute Gasteiger partial charge is 0.383 e. The SMILES string of the molecule is CCNC(=NCC(C)(C)NS(C)(=O)=O)NCCOC.I. The number of sulfonamides is 1. The Bertz CT molecular complexity index is 385. The van der Waals surface area contributed by atoms with Crippen LogP contribution >= 0.6 is 24.0 Å². The van der Waals surface area contributed by atoms with Crippen molar-refractivity contribution in [3.8, 4) is 0 Å². The molecule has 0 amide bonds. The molecule has 0 aliphatic rings. The summed E-state index contributed by atoms with van der Waals surface area (Å²) in [4.78, 5) is 4.35. The zero-order valence-corrected chi connectivity index (χ0v) is 16.0. The monoisotopic (exact) mass is 422 g/mol. The van der Waals surface area contributed by atoms with Crippen LogP contribution in [0.1, 0.15) is 20.8 Å². The second-order valence-corrected chi connectivity index (χ2v) is 6.62. The maximum Gasteiger partial charge on any atom is 0.209 e. The van der Waals surface area contributed by atoms with E-state index >= 15 is 0 Å². The molecule has 0 saturated carbocycles. The Balaban J connectivity index is 0. The molecule has 0 spiro atoms. The molecular formula is C11H27IN4O3S. The van der Waals surface area contributed by atoms with Gasteiger partial charge in [-0.2, -0.15) is 0 Å². The fourth-order valence-electron chi connectivity index (χ4n) is 1.42. The number of methoxy groups -OCH3 is 1. The number of rotatable bonds is 8. The standard InChI is InChI=1S/C11H26N4O3S.HI/c1-6-12-10(13-7-8-18-4)14-9-11(2,3)15-19(5,16)17;/h15H,6-9H2,1-5H3,(H2,12,13,14);1H. The number of guanidine groups is 1. The predicted molar refractivity (Wildman–Crippen MR) is 93.3 cm³/mol. The first-order valence-electron chi connectivity index (χ1n) is 6.20. The Morgan fingerprint density at radius 1 is 1.30 bits per heavy atom. The van der Waals surface area contributed by atoms with E-state index < -0.39 is 15.6 Å². The van der Waals surface area contributed by atoms with E-state index in [1.807, 2.05) is 6.92 Å². The average Bonchev–Trinajstić information content (AvgIpc) is 2.23. The van der Waals surface area contributed by atoms with Crippen molar-refractivity contribution in [3.63, 3.8) is 0 Å². The molecule has 0 saturated heterocycles. The Labute approximate surface area is 139 Å². The first-order chi connectivity index (χ1) is 8.70. The molecule has 0 heterocycles. The van der Waals surface area contributed by atoms with E-state index in [1.54, 1.807) is 21.0 Å². The van der Waals surface area contributed by atoms with Gasteiger partial charge >= 0.3 is 0 Å². The minimum atomic E-state index is -3.24. The zero-order chi connectivity index (χ0) is 14.9. The van der Waals surface area contributed by atoms with Crippen LogP contribution in [0.3, 0.4) is 0 Å². The first-order valence-corrected chi connectivity index (χ1v) is 8.09. The van der Waals surface area contributed by atoms with Crippen LogP contribution in [0.4, 0.5) is 0 Å². The summed E-state index contributed by atoms with van der Waals surface area (Å²) in [5.41, 5.74) is -0.628. The molecule has 0 aliphatic carbocycles. The van der Waals surface area contributed by atoms with Gasteiger partial charge in [0.2, 0.25) is 10.0 Å². The number of nitrogens with zero attached hydrogens (tertiary/aromatic N) is 1. The van der Waals surface area contributed by atoms with Crippen LogP contribution in [0, 0.1) is 0 Å². The molecule has 0 bridgehead atoms. The summed E-state index contributed by atoms with van der Waals surface area (Å²) in [5, 5.41) is 6.18. The summed E-state index contributed by atoms with van der Waals surface area (Å²) in [7, 11) is -1.61. The second-order valence-electron chi connectivity index (χ2n) is 4.87. The van der Waals surface area contributed by atoms with E-state index in [0.29, 0.717) is 25.7 Å². The molecule has 0 fully saturated rings. The van der Waals surface area contributed by atoms with Gasteiger partial charge in [-0.1, -0.05) is 0 Å². The summed E-state index contributed by atoms with van der Waals surface area (Å²) < 4.78 is 29.9. The maximum absolute atomic E-state index is 11.2. The molecule has 0 aromatic rings. The molecule has 9 heteroatoms. The molecule has 0 rings (SSSR count). The molecule has 20 heavy (non-hydrogen) atoms. The summed E-state index contributed by atoms with van der Waals surface area (Å²) >= 11 is 0. The minimum Gasteiger partial charge on any atom is -0.383 e. The highest BCUT2D eigenvalue weighted by molar-refractivity contribution is 14.0. The predicted octanol–water partition coefficient (Wildman–Crippen LogP) is 0.134. The van der Waals surface area contributed by atoms with Gasteiger partial charge in [0, 0.05) is 25.7 Å². The van der Waals surface area contributed by atoms with Gasteiger partial charge in [-0.05, 0) is 20.8 Å².